The first kappa shape index (κ1) is 3.66. The Labute approximate surface area is 47.8 Å². The molecule has 1 nitrogen and oxygen atoms in total. The van der Waals surface area contributed by atoms with Gasteiger partial charge < -0.3 is 0 Å². The first-order valence-corrected chi connectivity index (χ1v) is 4.82. The van der Waals surface area contributed by atoms with E-state index in [-0.39, 0.29) is 0 Å². The molecule has 0 aromatic rings. The number of fused-ring (bicyclic) bond motifs is 1. The van der Waals surface area contributed by atoms with Crippen molar-refractivity contribution >= 4 is 0 Å². The predicted octanol–water partition coefficient (Wildman–Crippen LogP) is -2.88. The Kier molecular flexibility index (Phi) is 0.669. The minimum atomic E-state index is 0.666. The van der Waals surface area contributed by atoms with Crippen molar-refractivity contribution in [1.29, 1.82) is 0 Å². The van der Waals surface area contributed by atoms with E-state index in [9.17, 15) is 0 Å². The Bertz CT molecular complexity index is 54.4. The summed E-state index contributed by atoms with van der Waals surface area (Å²) < 4.78 is 2.10. The SMILES string of the molecule is C1CC2NC1[I-]2. The molecule has 3 aliphatic heterocycles. The zero-order valence-corrected chi connectivity index (χ0v) is 5.60. The van der Waals surface area contributed by atoms with Gasteiger partial charge in [-0.3, -0.25) is 0 Å². The van der Waals surface area contributed by atoms with Gasteiger partial charge in [-0.25, -0.2) is 0 Å². The van der Waals surface area contributed by atoms with Crippen molar-refractivity contribution in [3.05, 3.63) is 0 Å². The molecule has 0 spiro atoms. The van der Waals surface area contributed by atoms with Gasteiger partial charge >= 0.3 is 47.5 Å². The Morgan fingerprint density at radius 2 is 1.83 bits per heavy atom. The standard InChI is InChI=1S/C4H7IN/c1-2-4-5-3(1)6-4/h3-4,6H,1-2H2/q-1. The van der Waals surface area contributed by atoms with Crippen LogP contribution in [0.25, 0.3) is 0 Å². The number of halogens is 1. The van der Waals surface area contributed by atoms with Gasteiger partial charge in [0.1, 0.15) is 0 Å². The molecule has 3 heterocycles. The summed E-state index contributed by atoms with van der Waals surface area (Å²) in [6, 6.07) is 0. The van der Waals surface area contributed by atoms with Crippen molar-refractivity contribution < 1.29 is 21.2 Å². The van der Waals surface area contributed by atoms with Gasteiger partial charge in [-0.15, -0.1) is 0 Å². The van der Waals surface area contributed by atoms with Crippen LogP contribution >= 0.6 is 0 Å². The monoisotopic (exact) mass is 196 g/mol. The molecule has 0 aliphatic carbocycles. The summed E-state index contributed by atoms with van der Waals surface area (Å²) in [7, 11) is 0. The number of alkyl halides is 2. The number of nitrogens with one attached hydrogen (secondary N) is 1. The minimum absolute atomic E-state index is 0.666. The molecule has 2 unspecified atom stereocenters. The van der Waals surface area contributed by atoms with Crippen LogP contribution in [-0.2, 0) is 0 Å². The molecule has 0 amide bonds. The number of hydrogen-bond donors (Lipinski definition) is 1. The number of hydrogen-bond acceptors (Lipinski definition) is 1. The van der Waals surface area contributed by atoms with Crippen molar-refractivity contribution in [2.45, 2.75) is 20.9 Å². The zero-order valence-electron chi connectivity index (χ0n) is 3.45. The van der Waals surface area contributed by atoms with E-state index < -0.39 is 0 Å². The van der Waals surface area contributed by atoms with E-state index in [0.717, 1.165) is 8.10 Å². The molecule has 6 heavy (non-hydrogen) atoms. The third-order valence-corrected chi connectivity index (χ3v) is 5.04. The van der Waals surface area contributed by atoms with Gasteiger partial charge in [0.05, 0.1) is 0 Å². The first-order chi connectivity index (χ1) is 2.95. The number of rotatable bonds is 0. The average Bonchev–Trinajstić information content (AvgIpc) is 1.72. The summed E-state index contributed by atoms with van der Waals surface area (Å²) in [5, 5.41) is 3.47. The average molecular weight is 196 g/mol. The van der Waals surface area contributed by atoms with Crippen LogP contribution < -0.4 is 26.5 Å². The van der Waals surface area contributed by atoms with Gasteiger partial charge in [0.2, 0.25) is 0 Å². The van der Waals surface area contributed by atoms with E-state index >= 15 is 0 Å². The van der Waals surface area contributed by atoms with Crippen LogP contribution in [0.4, 0.5) is 0 Å². The molecule has 3 aliphatic rings. The Morgan fingerprint density at radius 3 is 2.00 bits per heavy atom. The molecule has 2 bridgehead atoms. The molecular weight excluding hydrogens is 189 g/mol. The maximum absolute atomic E-state index is 3.47. The Balaban J connectivity index is 2.16. The van der Waals surface area contributed by atoms with E-state index in [0.29, 0.717) is 21.2 Å². The second-order valence-electron chi connectivity index (χ2n) is 1.81. The topological polar surface area (TPSA) is 12.0 Å². The molecular formula is C4H7IN-. The van der Waals surface area contributed by atoms with Crippen LogP contribution in [0.15, 0.2) is 0 Å². The van der Waals surface area contributed by atoms with Crippen LogP contribution in [0.3, 0.4) is 0 Å². The van der Waals surface area contributed by atoms with Crippen molar-refractivity contribution in [2.24, 2.45) is 0 Å². The van der Waals surface area contributed by atoms with Gasteiger partial charge in [0.15, 0.2) is 0 Å². The van der Waals surface area contributed by atoms with Crippen LogP contribution in [-0.4, -0.2) is 8.10 Å². The maximum atomic E-state index is 3.47. The third-order valence-electron chi connectivity index (χ3n) is 1.34. The zero-order chi connectivity index (χ0) is 3.98. The van der Waals surface area contributed by atoms with Gasteiger partial charge in [-0.2, -0.15) is 0 Å². The summed E-state index contributed by atoms with van der Waals surface area (Å²) in [5.74, 6) is 0. The van der Waals surface area contributed by atoms with E-state index in [4.69, 9.17) is 0 Å². The van der Waals surface area contributed by atoms with Gasteiger partial charge in [0.25, 0.3) is 0 Å². The van der Waals surface area contributed by atoms with Crippen molar-refractivity contribution in [3.8, 4) is 0 Å². The summed E-state index contributed by atoms with van der Waals surface area (Å²) in [4.78, 5) is 0. The van der Waals surface area contributed by atoms with Crippen molar-refractivity contribution in [1.82, 2.24) is 5.32 Å². The quantitative estimate of drug-likeness (QED) is 0.249. The van der Waals surface area contributed by atoms with Gasteiger partial charge in [-0.05, 0) is 0 Å². The molecule has 3 fully saturated rings. The third kappa shape index (κ3) is 0.341. The van der Waals surface area contributed by atoms with Gasteiger partial charge in [-0.1, -0.05) is 0 Å². The van der Waals surface area contributed by atoms with E-state index in [2.05, 4.69) is 5.32 Å². The second-order valence-corrected chi connectivity index (χ2v) is 5.53. The fourth-order valence-electron chi connectivity index (χ4n) is 0.973. The van der Waals surface area contributed by atoms with Crippen molar-refractivity contribution in [3.63, 3.8) is 0 Å². The van der Waals surface area contributed by atoms with E-state index in [1.807, 2.05) is 0 Å². The molecule has 0 aromatic heterocycles. The molecule has 0 saturated carbocycles. The van der Waals surface area contributed by atoms with E-state index in [1.165, 1.54) is 12.8 Å². The molecule has 2 heteroatoms. The summed E-state index contributed by atoms with van der Waals surface area (Å²) in [6.45, 7) is 0. The first-order valence-electron chi connectivity index (χ1n) is 2.33. The van der Waals surface area contributed by atoms with Crippen LogP contribution in [0.2, 0.25) is 0 Å². The normalized spacial score (nSPS) is 53.3. The predicted molar refractivity (Wildman–Crippen MR) is 19.9 cm³/mol. The van der Waals surface area contributed by atoms with Gasteiger partial charge in [0, 0.05) is 0 Å². The molecule has 1 N–H and O–H groups in total. The van der Waals surface area contributed by atoms with Crippen molar-refractivity contribution in [2.75, 3.05) is 0 Å². The second kappa shape index (κ2) is 1.10. The Hall–Kier alpha value is 0.690. The molecule has 2 atom stereocenters. The van der Waals surface area contributed by atoms with Crippen LogP contribution in [0, 0.1) is 0 Å². The van der Waals surface area contributed by atoms with E-state index in [1.54, 1.807) is 0 Å². The van der Waals surface area contributed by atoms with Crippen LogP contribution in [0.5, 0.6) is 0 Å². The molecule has 3 saturated heterocycles. The molecule has 36 valence electrons. The summed E-state index contributed by atoms with van der Waals surface area (Å²) in [6.07, 6.45) is 3.00. The summed E-state index contributed by atoms with van der Waals surface area (Å²) >= 11 is 0.666. The molecule has 0 aromatic carbocycles. The summed E-state index contributed by atoms with van der Waals surface area (Å²) in [5.41, 5.74) is 0. The fraction of sp³-hybridized carbons (Fsp3) is 1.00. The van der Waals surface area contributed by atoms with Crippen LogP contribution in [0.1, 0.15) is 12.8 Å². The molecule has 0 radical (unpaired) electrons. The Morgan fingerprint density at radius 1 is 1.33 bits per heavy atom. The molecule has 3 rings (SSSR count). The fourth-order valence-corrected chi connectivity index (χ4v) is 4.15.